The molecule has 2 aromatic heterocycles. The first-order valence-electron chi connectivity index (χ1n) is 11.4. The predicted octanol–water partition coefficient (Wildman–Crippen LogP) is 4.50. The summed E-state index contributed by atoms with van der Waals surface area (Å²) in [7, 11) is 1.58. The number of aliphatic imine (C=N–C) groups is 1. The van der Waals surface area contributed by atoms with E-state index in [9.17, 15) is 27.9 Å². The summed E-state index contributed by atoms with van der Waals surface area (Å²) in [5.41, 5.74) is -1.12. The molecule has 0 saturated carbocycles. The summed E-state index contributed by atoms with van der Waals surface area (Å²) < 4.78 is 39.2. The molecule has 2 amide bonds. The van der Waals surface area contributed by atoms with Gasteiger partial charge in [0.05, 0.1) is 27.9 Å². The average molecular weight is 593 g/mol. The number of halogens is 5. The second kappa shape index (κ2) is 12.9. The molecule has 0 spiro atoms. The van der Waals surface area contributed by atoms with E-state index in [0.717, 1.165) is 30.4 Å². The molecule has 3 rings (SSSR count). The first kappa shape index (κ1) is 29.8. The Balaban J connectivity index is 1.61. The number of hydrogen-bond acceptors (Lipinski definition) is 7. The van der Waals surface area contributed by atoms with Crippen molar-refractivity contribution in [3.63, 3.8) is 0 Å². The summed E-state index contributed by atoms with van der Waals surface area (Å²) in [6.45, 7) is 3.11. The van der Waals surface area contributed by atoms with E-state index in [1.54, 1.807) is 14.0 Å². The summed E-state index contributed by atoms with van der Waals surface area (Å²) >= 11 is 12.9. The highest BCUT2D eigenvalue weighted by Crippen LogP contribution is 2.35. The molecular weight excluding hydrogens is 568 g/mol. The van der Waals surface area contributed by atoms with Gasteiger partial charge in [-0.25, -0.2) is 9.97 Å². The summed E-state index contributed by atoms with van der Waals surface area (Å²) in [5, 5.41) is 14.3. The molecule has 3 N–H and O–H groups in total. The van der Waals surface area contributed by atoms with Gasteiger partial charge in [0.1, 0.15) is 21.5 Å². The number of alkyl halides is 3. The van der Waals surface area contributed by atoms with Gasteiger partial charge in [-0.05, 0) is 31.7 Å². The topological polar surface area (TPSA) is 120 Å². The van der Waals surface area contributed by atoms with Crippen molar-refractivity contribution in [1.82, 2.24) is 20.2 Å². The molecule has 0 radical (unpaired) electrons. The van der Waals surface area contributed by atoms with E-state index in [0.29, 0.717) is 30.0 Å². The van der Waals surface area contributed by atoms with Crippen LogP contribution in [0.1, 0.15) is 46.0 Å². The number of amides is 2. The maximum atomic E-state index is 13.1. The lowest BCUT2D eigenvalue weighted by atomic mass is 9.98. The van der Waals surface area contributed by atoms with Gasteiger partial charge in [-0.15, -0.1) is 11.3 Å². The van der Waals surface area contributed by atoms with E-state index in [-0.39, 0.29) is 28.3 Å². The van der Waals surface area contributed by atoms with Crippen LogP contribution in [0.2, 0.25) is 5.02 Å². The number of nitrogens with one attached hydrogen (secondary N) is 2. The van der Waals surface area contributed by atoms with Gasteiger partial charge in [0.2, 0.25) is 5.91 Å². The number of aliphatic hydroxyl groups is 1. The third-order valence-electron chi connectivity index (χ3n) is 5.73. The molecule has 3 heterocycles. The summed E-state index contributed by atoms with van der Waals surface area (Å²) in [6.07, 6.45) is 0.146. The highest BCUT2D eigenvalue weighted by Gasteiger charge is 2.34. The Kier molecular flexibility index (Phi) is 10.1. The molecule has 1 aliphatic rings. The maximum Gasteiger partial charge on any atom is 0.418 e. The molecule has 15 heteroatoms. The number of amidine groups is 1. The molecular formula is C23H25Cl2F3N6O3S. The van der Waals surface area contributed by atoms with Crippen LogP contribution in [0, 0.1) is 5.92 Å². The van der Waals surface area contributed by atoms with Crippen LogP contribution >= 0.6 is 34.5 Å². The van der Waals surface area contributed by atoms with Crippen LogP contribution in [0.3, 0.4) is 0 Å². The summed E-state index contributed by atoms with van der Waals surface area (Å²) in [6, 6.07) is 0.0478. The van der Waals surface area contributed by atoms with Crippen molar-refractivity contribution in [3.8, 4) is 0 Å². The van der Waals surface area contributed by atoms with Crippen molar-refractivity contribution in [3.05, 3.63) is 50.0 Å². The highest BCUT2D eigenvalue weighted by atomic mass is 35.5. The lowest BCUT2D eigenvalue weighted by molar-refractivity contribution is -0.137. The van der Waals surface area contributed by atoms with Crippen LogP contribution in [0.25, 0.3) is 0 Å². The zero-order chi connectivity index (χ0) is 28.0. The minimum absolute atomic E-state index is 0.103. The van der Waals surface area contributed by atoms with Crippen LogP contribution in [0.4, 0.5) is 19.0 Å². The number of rotatable bonds is 7. The number of hydrogen-bond donors (Lipinski definition) is 3. The van der Waals surface area contributed by atoms with Gasteiger partial charge >= 0.3 is 6.18 Å². The van der Waals surface area contributed by atoms with Crippen LogP contribution in [-0.4, -0.2) is 64.4 Å². The minimum Gasteiger partial charge on any atom is -0.396 e. The van der Waals surface area contributed by atoms with Crippen LogP contribution in [0.15, 0.2) is 34.6 Å². The smallest absolute Gasteiger partial charge is 0.396 e. The maximum absolute atomic E-state index is 13.1. The number of anilines is 1. The molecule has 9 nitrogen and oxygen atoms in total. The van der Waals surface area contributed by atoms with Crippen molar-refractivity contribution in [2.45, 2.75) is 32.0 Å². The lowest BCUT2D eigenvalue weighted by Crippen LogP contribution is -2.39. The van der Waals surface area contributed by atoms with Gasteiger partial charge in [0.15, 0.2) is 0 Å². The Morgan fingerprint density at radius 1 is 1.32 bits per heavy atom. The van der Waals surface area contributed by atoms with Crippen molar-refractivity contribution < 1.29 is 27.9 Å². The summed E-state index contributed by atoms with van der Waals surface area (Å²) in [4.78, 5) is 39.2. The third-order valence-corrected chi connectivity index (χ3v) is 7.49. The Labute approximate surface area is 230 Å². The fourth-order valence-corrected chi connectivity index (χ4v) is 5.05. The second-order valence-electron chi connectivity index (χ2n) is 8.45. The number of thiazole rings is 1. The van der Waals surface area contributed by atoms with Crippen LogP contribution in [0.5, 0.6) is 0 Å². The molecule has 0 aliphatic carbocycles. The van der Waals surface area contributed by atoms with Crippen LogP contribution < -0.4 is 10.6 Å². The number of pyridine rings is 1. The molecule has 1 saturated heterocycles. The van der Waals surface area contributed by atoms with Crippen molar-refractivity contribution in [2.24, 2.45) is 10.9 Å². The number of aromatic nitrogens is 2. The van der Waals surface area contributed by atoms with E-state index in [1.165, 1.54) is 12.3 Å². The van der Waals surface area contributed by atoms with Gasteiger partial charge in [0.25, 0.3) is 5.91 Å². The minimum atomic E-state index is -4.71. The monoisotopic (exact) mass is 592 g/mol. The van der Waals surface area contributed by atoms with E-state index in [2.05, 4.69) is 25.6 Å². The Morgan fingerprint density at radius 3 is 2.61 bits per heavy atom. The molecule has 2 aromatic rings. The normalized spacial score (nSPS) is 16.4. The molecule has 38 heavy (non-hydrogen) atoms. The largest absolute Gasteiger partial charge is 0.418 e. The zero-order valence-corrected chi connectivity index (χ0v) is 22.7. The quantitative estimate of drug-likeness (QED) is 0.247. The van der Waals surface area contributed by atoms with Gasteiger partial charge in [-0.2, -0.15) is 13.2 Å². The molecule has 1 unspecified atom stereocenters. The van der Waals surface area contributed by atoms with E-state index < -0.39 is 34.6 Å². The summed E-state index contributed by atoms with van der Waals surface area (Å²) in [5.74, 6) is -0.825. The first-order valence-corrected chi connectivity index (χ1v) is 13.0. The van der Waals surface area contributed by atoms with Crippen molar-refractivity contribution >= 4 is 58.0 Å². The Hall–Kier alpha value is -2.74. The zero-order valence-electron chi connectivity index (χ0n) is 20.4. The number of nitrogens with zero attached hydrogens (tertiary/aromatic N) is 4. The molecule has 206 valence electrons. The lowest BCUT2D eigenvalue weighted by Gasteiger charge is -2.33. The van der Waals surface area contributed by atoms with E-state index in [4.69, 9.17) is 23.2 Å². The predicted molar refractivity (Wildman–Crippen MR) is 140 cm³/mol. The average Bonchev–Trinajstić information content (AvgIpc) is 3.36. The highest BCUT2D eigenvalue weighted by molar-refractivity contribution is 7.13. The van der Waals surface area contributed by atoms with Gasteiger partial charge in [-0.1, -0.05) is 23.2 Å². The second-order valence-corrected chi connectivity index (χ2v) is 10.3. The number of likely N-dealkylation sites (tertiary alicyclic amines) is 1. The Bertz CT molecular complexity index is 1230. The van der Waals surface area contributed by atoms with E-state index in [1.807, 2.05) is 4.90 Å². The number of carbonyl (C=O) groups excluding carboxylic acids is 2. The molecule has 1 fully saturated rings. The number of carbonyl (C=O) groups is 2. The van der Waals surface area contributed by atoms with Crippen LogP contribution in [-0.2, 0) is 11.0 Å². The standard InChI is InChI=1S/C23H25Cl2F3N6O3S/c1-12(32-19(36)8-15(24)20(29-2)34-5-3-13(11-35)4-6-34)22-31-10-17(38-22)21(37)33-18-7-14(23(26,27)28)16(25)9-30-18/h7-10,12-13,35H,3-6,11H2,1-2H3,(H,32,36)(H,30,33,37)/b15-8-,29-20+. The van der Waals surface area contributed by atoms with E-state index >= 15 is 0 Å². The first-order chi connectivity index (χ1) is 17.9. The number of piperidine rings is 1. The third kappa shape index (κ3) is 7.65. The fourth-order valence-electron chi connectivity index (χ4n) is 3.72. The fraction of sp³-hybridized carbons (Fsp3) is 0.435. The molecule has 1 atom stereocenters. The molecule has 0 aromatic carbocycles. The molecule has 0 bridgehead atoms. The molecule has 1 aliphatic heterocycles. The Morgan fingerprint density at radius 2 is 2.00 bits per heavy atom. The van der Waals surface area contributed by atoms with Gasteiger partial charge in [-0.3, -0.25) is 14.6 Å². The van der Waals surface area contributed by atoms with Crippen molar-refractivity contribution in [1.29, 1.82) is 0 Å². The number of aliphatic hydroxyl groups excluding tert-OH is 1. The van der Waals surface area contributed by atoms with Gasteiger partial charge in [0, 0.05) is 39.0 Å². The van der Waals surface area contributed by atoms with Gasteiger partial charge < -0.3 is 20.6 Å². The van der Waals surface area contributed by atoms with Crippen molar-refractivity contribution in [2.75, 3.05) is 32.1 Å². The SMILES string of the molecule is C/N=C(\C(Cl)=C\C(=O)NC(C)c1ncc(C(=O)Nc2cc(C(F)(F)F)c(Cl)cn2)s1)N1CCC(CO)CC1.